The smallest absolute Gasteiger partial charge is 0.273 e. The highest BCUT2D eigenvalue weighted by Crippen LogP contribution is 2.20. The van der Waals surface area contributed by atoms with Gasteiger partial charge in [-0.15, -0.1) is 11.3 Å². The van der Waals surface area contributed by atoms with Gasteiger partial charge in [-0.3, -0.25) is 9.69 Å². The van der Waals surface area contributed by atoms with Gasteiger partial charge in [0.25, 0.3) is 5.91 Å². The lowest BCUT2D eigenvalue weighted by Gasteiger charge is -2.35. The second-order valence-electron chi connectivity index (χ2n) is 7.36. The number of nitrogens with zero attached hydrogens (tertiary/aromatic N) is 3. The van der Waals surface area contributed by atoms with Crippen molar-refractivity contribution in [3.63, 3.8) is 0 Å². The van der Waals surface area contributed by atoms with Crippen LogP contribution in [0.3, 0.4) is 0 Å². The molecule has 0 unspecified atom stereocenters. The fourth-order valence-electron chi connectivity index (χ4n) is 4.12. The maximum Gasteiger partial charge on any atom is 0.273 e. The third-order valence-electron chi connectivity index (χ3n) is 5.63. The summed E-state index contributed by atoms with van der Waals surface area (Å²) in [5.41, 5.74) is 5.25. The summed E-state index contributed by atoms with van der Waals surface area (Å²) in [5, 5.41) is 1.86. The Hall–Kier alpha value is -1.76. The first-order chi connectivity index (χ1) is 13.3. The third-order valence-corrected chi connectivity index (χ3v) is 6.21. The number of fused-ring (bicyclic) bond motifs is 1. The van der Waals surface area contributed by atoms with Gasteiger partial charge in [-0.05, 0) is 36.8 Å². The minimum Gasteiger partial charge on any atom is -0.381 e. The van der Waals surface area contributed by atoms with Gasteiger partial charge in [0.2, 0.25) is 0 Å². The number of amides is 1. The minimum atomic E-state index is 0.0761. The molecule has 0 spiro atoms. The molecule has 1 amide bonds. The van der Waals surface area contributed by atoms with Crippen molar-refractivity contribution >= 4 is 17.2 Å². The zero-order valence-electron chi connectivity index (χ0n) is 15.7. The second kappa shape index (κ2) is 8.95. The fraction of sp³-hybridized carbons (Fsp3) is 0.524. The van der Waals surface area contributed by atoms with Crippen LogP contribution in [0.4, 0.5) is 0 Å². The molecule has 2 aromatic rings. The maximum absolute atomic E-state index is 13.0. The molecule has 1 aromatic heterocycles. The van der Waals surface area contributed by atoms with E-state index in [0.29, 0.717) is 5.69 Å². The Kier molecular flexibility index (Phi) is 6.17. The molecular formula is C21H27N3O2S. The average molecular weight is 386 g/mol. The van der Waals surface area contributed by atoms with E-state index in [1.165, 1.54) is 22.5 Å². The molecule has 0 aliphatic carbocycles. The van der Waals surface area contributed by atoms with Crippen LogP contribution in [0.2, 0.25) is 0 Å². The van der Waals surface area contributed by atoms with Crippen molar-refractivity contribution in [3.05, 3.63) is 52.0 Å². The summed E-state index contributed by atoms with van der Waals surface area (Å²) in [5.74, 6) is 0.0761. The number of ether oxygens (including phenoxy) is 1. The van der Waals surface area contributed by atoms with E-state index in [4.69, 9.17) is 4.74 Å². The molecule has 0 N–H and O–H groups in total. The molecule has 0 bridgehead atoms. The molecule has 0 radical (unpaired) electrons. The fourth-order valence-corrected chi connectivity index (χ4v) is 4.65. The number of rotatable bonds is 6. The van der Waals surface area contributed by atoms with Gasteiger partial charge in [-0.25, -0.2) is 4.98 Å². The van der Waals surface area contributed by atoms with Crippen molar-refractivity contribution in [1.82, 2.24) is 14.8 Å². The molecule has 144 valence electrons. The number of thiazole rings is 1. The van der Waals surface area contributed by atoms with Gasteiger partial charge in [0.15, 0.2) is 0 Å². The summed E-state index contributed by atoms with van der Waals surface area (Å²) in [6.07, 6.45) is 3.97. The molecule has 5 nitrogen and oxygen atoms in total. The predicted molar refractivity (Wildman–Crippen MR) is 107 cm³/mol. The predicted octanol–water partition coefficient (Wildman–Crippen LogP) is 3.21. The van der Waals surface area contributed by atoms with Crippen LogP contribution in [0.5, 0.6) is 0 Å². The maximum atomic E-state index is 13.0. The highest BCUT2D eigenvalue weighted by molar-refractivity contribution is 7.07. The van der Waals surface area contributed by atoms with Crippen LogP contribution in [0.1, 0.15) is 40.9 Å². The molecule has 2 aliphatic rings. The van der Waals surface area contributed by atoms with Crippen molar-refractivity contribution in [2.24, 2.45) is 0 Å². The Morgan fingerprint density at radius 3 is 2.85 bits per heavy atom. The Labute approximate surface area is 165 Å². The van der Waals surface area contributed by atoms with Gasteiger partial charge < -0.3 is 9.64 Å². The van der Waals surface area contributed by atoms with Crippen LogP contribution in [-0.4, -0.2) is 59.6 Å². The van der Waals surface area contributed by atoms with Crippen LogP contribution in [-0.2, 0) is 17.7 Å². The molecule has 1 saturated heterocycles. The zero-order valence-corrected chi connectivity index (χ0v) is 16.5. The summed E-state index contributed by atoms with van der Waals surface area (Å²) < 4.78 is 5.49. The Morgan fingerprint density at radius 2 is 2.07 bits per heavy atom. The Balaban J connectivity index is 1.35. The topological polar surface area (TPSA) is 45.7 Å². The molecule has 3 heterocycles. The van der Waals surface area contributed by atoms with E-state index < -0.39 is 0 Å². The molecule has 6 heteroatoms. The van der Waals surface area contributed by atoms with Crippen LogP contribution >= 0.6 is 11.3 Å². The highest BCUT2D eigenvalue weighted by Gasteiger charge is 2.27. The Morgan fingerprint density at radius 1 is 1.26 bits per heavy atom. The molecule has 0 saturated carbocycles. The summed E-state index contributed by atoms with van der Waals surface area (Å²) >= 11 is 1.48. The average Bonchev–Trinajstić information content (AvgIpc) is 3.26. The summed E-state index contributed by atoms with van der Waals surface area (Å²) in [6, 6.07) is 9.01. The van der Waals surface area contributed by atoms with Crippen molar-refractivity contribution in [3.8, 4) is 0 Å². The van der Waals surface area contributed by atoms with E-state index in [1.54, 1.807) is 5.51 Å². The van der Waals surface area contributed by atoms with Crippen LogP contribution in [0, 0.1) is 0 Å². The summed E-state index contributed by atoms with van der Waals surface area (Å²) in [7, 11) is 0. The number of hydrogen-bond acceptors (Lipinski definition) is 5. The number of hydrogen-bond donors (Lipinski definition) is 0. The second-order valence-corrected chi connectivity index (χ2v) is 8.08. The Bertz CT molecular complexity index is 744. The van der Waals surface area contributed by atoms with Gasteiger partial charge in [0.05, 0.1) is 5.51 Å². The molecule has 1 fully saturated rings. The molecule has 2 aliphatic heterocycles. The molecular weight excluding hydrogens is 358 g/mol. The van der Waals surface area contributed by atoms with Crippen molar-refractivity contribution in [1.29, 1.82) is 0 Å². The zero-order chi connectivity index (χ0) is 18.5. The van der Waals surface area contributed by atoms with Crippen LogP contribution in [0.25, 0.3) is 0 Å². The third kappa shape index (κ3) is 4.57. The van der Waals surface area contributed by atoms with Gasteiger partial charge >= 0.3 is 0 Å². The number of carbonyl (C=O) groups excluding carboxylic acids is 1. The van der Waals surface area contributed by atoms with Crippen molar-refractivity contribution < 1.29 is 9.53 Å². The quantitative estimate of drug-likeness (QED) is 0.766. The SMILES string of the molecule is O=C(c1cscn1)N(CCCN1CCc2ccccc2C1)C1CCOCC1. The normalized spacial score (nSPS) is 18.2. The first-order valence-corrected chi connectivity index (χ1v) is 10.8. The van der Waals surface area contributed by atoms with E-state index in [9.17, 15) is 4.79 Å². The lowest BCUT2D eigenvalue weighted by molar-refractivity contribution is 0.0276. The van der Waals surface area contributed by atoms with E-state index in [0.717, 1.165) is 65.1 Å². The minimum absolute atomic E-state index is 0.0761. The molecule has 0 atom stereocenters. The molecule has 4 rings (SSSR count). The number of carbonyl (C=O) groups is 1. The van der Waals surface area contributed by atoms with Gasteiger partial charge in [-0.2, -0.15) is 0 Å². The van der Waals surface area contributed by atoms with Gasteiger partial charge in [0.1, 0.15) is 5.69 Å². The van der Waals surface area contributed by atoms with E-state index in [-0.39, 0.29) is 11.9 Å². The number of aromatic nitrogens is 1. The van der Waals surface area contributed by atoms with Crippen LogP contribution < -0.4 is 0 Å². The largest absolute Gasteiger partial charge is 0.381 e. The standard InChI is InChI=1S/C21H27N3O2S/c25-21(20-15-27-16-22-20)24(19-7-12-26-13-8-19)10-3-9-23-11-6-17-4-1-2-5-18(17)14-23/h1-2,4-5,15-16,19H,3,6-14H2. The lowest BCUT2D eigenvalue weighted by atomic mass is 10.00. The first kappa shape index (κ1) is 18.6. The van der Waals surface area contributed by atoms with Crippen LogP contribution in [0.15, 0.2) is 35.2 Å². The van der Waals surface area contributed by atoms with E-state index in [1.807, 2.05) is 5.38 Å². The lowest BCUT2D eigenvalue weighted by Crippen LogP contribution is -2.45. The number of benzene rings is 1. The summed E-state index contributed by atoms with van der Waals surface area (Å²) in [4.78, 5) is 21.8. The van der Waals surface area contributed by atoms with Gasteiger partial charge in [-0.1, -0.05) is 24.3 Å². The van der Waals surface area contributed by atoms with E-state index in [2.05, 4.69) is 39.0 Å². The molecule has 1 aromatic carbocycles. The van der Waals surface area contributed by atoms with Crippen molar-refractivity contribution in [2.45, 2.75) is 38.3 Å². The monoisotopic (exact) mass is 385 g/mol. The highest BCUT2D eigenvalue weighted by atomic mass is 32.1. The van der Waals surface area contributed by atoms with E-state index >= 15 is 0 Å². The summed E-state index contributed by atoms with van der Waals surface area (Å²) in [6.45, 7) is 5.43. The van der Waals surface area contributed by atoms with Crippen molar-refractivity contribution in [2.75, 3.05) is 32.8 Å². The van der Waals surface area contributed by atoms with Gasteiger partial charge in [0, 0.05) is 50.8 Å². The molecule has 27 heavy (non-hydrogen) atoms. The first-order valence-electron chi connectivity index (χ1n) is 9.87.